The number of carbonyl (C=O) groups is 1. The Labute approximate surface area is 120 Å². The summed E-state index contributed by atoms with van der Waals surface area (Å²) in [5, 5.41) is 6.29. The van der Waals surface area contributed by atoms with E-state index in [2.05, 4.69) is 41.0 Å². The molecule has 2 aliphatic rings. The van der Waals surface area contributed by atoms with Gasteiger partial charge in [0, 0.05) is 6.54 Å². The number of hydrogen-bond donors (Lipinski definition) is 2. The van der Waals surface area contributed by atoms with Crippen molar-refractivity contribution in [3.8, 4) is 0 Å². The Morgan fingerprint density at radius 1 is 1.35 bits per heavy atom. The molecule has 3 heteroatoms. The Kier molecular flexibility index (Phi) is 4.16. The molecule has 3 rings (SSSR count). The molecule has 1 aliphatic carbocycles. The Morgan fingerprint density at radius 3 is 3.10 bits per heavy atom. The molecule has 20 heavy (non-hydrogen) atoms. The maximum absolute atomic E-state index is 11.9. The van der Waals surface area contributed by atoms with E-state index in [0.29, 0.717) is 0 Å². The summed E-state index contributed by atoms with van der Waals surface area (Å²) in [6, 6.07) is 8.64. The number of benzene rings is 1. The van der Waals surface area contributed by atoms with Gasteiger partial charge in [0.05, 0.1) is 6.04 Å². The Hall–Kier alpha value is -1.61. The highest BCUT2D eigenvalue weighted by Gasteiger charge is 2.21. The zero-order chi connectivity index (χ0) is 13.8. The lowest BCUT2D eigenvalue weighted by atomic mass is 9.89. The van der Waals surface area contributed by atoms with Crippen molar-refractivity contribution in [3.63, 3.8) is 0 Å². The maximum Gasteiger partial charge on any atom is 0.237 e. The summed E-state index contributed by atoms with van der Waals surface area (Å²) in [4.78, 5) is 11.9. The van der Waals surface area contributed by atoms with Gasteiger partial charge in [0.2, 0.25) is 5.91 Å². The van der Waals surface area contributed by atoms with E-state index >= 15 is 0 Å². The first kappa shape index (κ1) is 13.4. The number of amides is 1. The van der Waals surface area contributed by atoms with Gasteiger partial charge in [-0.3, -0.25) is 4.79 Å². The van der Waals surface area contributed by atoms with Crippen LogP contribution < -0.4 is 10.6 Å². The van der Waals surface area contributed by atoms with Crippen LogP contribution in [-0.4, -0.2) is 25.0 Å². The molecule has 1 fully saturated rings. The van der Waals surface area contributed by atoms with Gasteiger partial charge >= 0.3 is 0 Å². The second-order valence-electron chi connectivity index (χ2n) is 5.62. The van der Waals surface area contributed by atoms with Crippen molar-refractivity contribution in [3.05, 3.63) is 41.5 Å². The average molecular weight is 270 g/mol. The van der Waals surface area contributed by atoms with Crippen molar-refractivity contribution >= 4 is 11.5 Å². The number of rotatable bonds is 4. The van der Waals surface area contributed by atoms with Gasteiger partial charge in [-0.05, 0) is 55.3 Å². The summed E-state index contributed by atoms with van der Waals surface area (Å²) in [5.41, 5.74) is 4.19. The first-order valence-electron chi connectivity index (χ1n) is 7.63. The summed E-state index contributed by atoms with van der Waals surface area (Å²) >= 11 is 0. The highest BCUT2D eigenvalue weighted by atomic mass is 16.2. The Morgan fingerprint density at radius 2 is 2.25 bits per heavy atom. The standard InChI is InChI=1S/C17H22N2O/c20-17(16-9-4-11-18-16)19-12-10-14-7-3-6-13-5-1-2-8-15(13)14/h1-2,5,7-8,16,18H,3-4,6,9-12H2,(H,19,20). The van der Waals surface area contributed by atoms with E-state index in [1.165, 1.54) is 16.7 Å². The van der Waals surface area contributed by atoms with Gasteiger partial charge in [-0.2, -0.15) is 0 Å². The molecule has 1 heterocycles. The topological polar surface area (TPSA) is 41.1 Å². The second-order valence-corrected chi connectivity index (χ2v) is 5.62. The first-order chi connectivity index (χ1) is 9.84. The van der Waals surface area contributed by atoms with Crippen molar-refractivity contribution in [1.82, 2.24) is 10.6 Å². The van der Waals surface area contributed by atoms with E-state index in [1.54, 1.807) is 0 Å². The van der Waals surface area contributed by atoms with Crippen molar-refractivity contribution in [1.29, 1.82) is 0 Å². The monoisotopic (exact) mass is 270 g/mol. The predicted molar refractivity (Wildman–Crippen MR) is 81.4 cm³/mol. The smallest absolute Gasteiger partial charge is 0.237 e. The fraction of sp³-hybridized carbons (Fsp3) is 0.471. The average Bonchev–Trinajstić information content (AvgIpc) is 3.02. The molecule has 1 aromatic rings. The van der Waals surface area contributed by atoms with E-state index in [0.717, 1.165) is 45.2 Å². The zero-order valence-electron chi connectivity index (χ0n) is 11.8. The van der Waals surface area contributed by atoms with E-state index in [9.17, 15) is 4.79 Å². The van der Waals surface area contributed by atoms with Gasteiger partial charge in [0.15, 0.2) is 0 Å². The van der Waals surface area contributed by atoms with Gasteiger partial charge in [-0.25, -0.2) is 0 Å². The Bertz CT molecular complexity index is 515. The molecule has 0 aromatic heterocycles. The molecule has 1 atom stereocenters. The van der Waals surface area contributed by atoms with Crippen LogP contribution in [0, 0.1) is 0 Å². The van der Waals surface area contributed by atoms with Crippen LogP contribution in [0.5, 0.6) is 0 Å². The number of allylic oxidation sites excluding steroid dienone is 1. The molecule has 1 unspecified atom stereocenters. The third-order valence-electron chi connectivity index (χ3n) is 4.24. The number of aryl methyl sites for hydroxylation is 1. The third kappa shape index (κ3) is 2.93. The molecule has 0 bridgehead atoms. The van der Waals surface area contributed by atoms with E-state index in [1.807, 2.05) is 0 Å². The SMILES string of the molecule is O=C(NCCC1=CCCc2ccccc21)C1CCCN1. The normalized spacial score (nSPS) is 21.2. The van der Waals surface area contributed by atoms with Gasteiger partial charge in [0.25, 0.3) is 0 Å². The number of carbonyl (C=O) groups excluding carboxylic acids is 1. The van der Waals surface area contributed by atoms with Crippen LogP contribution in [0.3, 0.4) is 0 Å². The highest BCUT2D eigenvalue weighted by Crippen LogP contribution is 2.28. The quantitative estimate of drug-likeness (QED) is 0.881. The summed E-state index contributed by atoms with van der Waals surface area (Å²) < 4.78 is 0. The number of fused-ring (bicyclic) bond motifs is 1. The first-order valence-corrected chi connectivity index (χ1v) is 7.63. The van der Waals surface area contributed by atoms with Crippen LogP contribution in [0.4, 0.5) is 0 Å². The lowest BCUT2D eigenvalue weighted by molar-refractivity contribution is -0.122. The van der Waals surface area contributed by atoms with Crippen LogP contribution in [-0.2, 0) is 11.2 Å². The molecule has 0 spiro atoms. The van der Waals surface area contributed by atoms with Gasteiger partial charge in [-0.15, -0.1) is 0 Å². The molecule has 3 nitrogen and oxygen atoms in total. The minimum Gasteiger partial charge on any atom is -0.354 e. The van der Waals surface area contributed by atoms with Crippen LogP contribution in [0.25, 0.3) is 5.57 Å². The molecule has 2 N–H and O–H groups in total. The summed E-state index contributed by atoms with van der Waals surface area (Å²) in [6.45, 7) is 1.70. The van der Waals surface area contributed by atoms with Crippen molar-refractivity contribution < 1.29 is 4.79 Å². The molecule has 1 aliphatic heterocycles. The van der Waals surface area contributed by atoms with Gasteiger partial charge in [0.1, 0.15) is 0 Å². The van der Waals surface area contributed by atoms with Crippen LogP contribution >= 0.6 is 0 Å². The zero-order valence-corrected chi connectivity index (χ0v) is 11.8. The van der Waals surface area contributed by atoms with E-state index in [4.69, 9.17) is 0 Å². The van der Waals surface area contributed by atoms with Crippen LogP contribution in [0.2, 0.25) is 0 Å². The largest absolute Gasteiger partial charge is 0.354 e. The molecule has 1 aromatic carbocycles. The van der Waals surface area contributed by atoms with Gasteiger partial charge in [-0.1, -0.05) is 30.3 Å². The van der Waals surface area contributed by atoms with Gasteiger partial charge < -0.3 is 10.6 Å². The Balaban J connectivity index is 1.54. The fourth-order valence-electron chi connectivity index (χ4n) is 3.15. The van der Waals surface area contributed by atoms with Crippen molar-refractivity contribution in [2.45, 2.75) is 38.1 Å². The van der Waals surface area contributed by atoms with Crippen LogP contribution in [0.15, 0.2) is 30.3 Å². The minimum absolute atomic E-state index is 0.0302. The molecule has 0 radical (unpaired) electrons. The summed E-state index contributed by atoms with van der Waals surface area (Å²) in [7, 11) is 0. The molecule has 1 amide bonds. The lowest BCUT2D eigenvalue weighted by Crippen LogP contribution is -2.40. The molecule has 1 saturated heterocycles. The number of hydrogen-bond acceptors (Lipinski definition) is 2. The van der Waals surface area contributed by atoms with Crippen LogP contribution in [0.1, 0.15) is 36.8 Å². The number of nitrogens with one attached hydrogen (secondary N) is 2. The molecule has 106 valence electrons. The molecular weight excluding hydrogens is 248 g/mol. The van der Waals surface area contributed by atoms with Crippen molar-refractivity contribution in [2.24, 2.45) is 0 Å². The van der Waals surface area contributed by atoms with E-state index in [-0.39, 0.29) is 11.9 Å². The molecular formula is C17H22N2O. The second kappa shape index (κ2) is 6.23. The van der Waals surface area contributed by atoms with Crippen molar-refractivity contribution in [2.75, 3.05) is 13.1 Å². The summed E-state index contributed by atoms with van der Waals surface area (Å²) in [5.74, 6) is 0.159. The maximum atomic E-state index is 11.9. The molecule has 0 saturated carbocycles. The minimum atomic E-state index is 0.0302. The highest BCUT2D eigenvalue weighted by molar-refractivity contribution is 5.82. The third-order valence-corrected chi connectivity index (χ3v) is 4.24. The lowest BCUT2D eigenvalue weighted by Gasteiger charge is -2.18. The van der Waals surface area contributed by atoms with E-state index < -0.39 is 0 Å². The summed E-state index contributed by atoms with van der Waals surface area (Å²) in [6.07, 6.45) is 7.58. The predicted octanol–water partition coefficient (Wildman–Crippen LogP) is 2.27. The fourth-order valence-corrected chi connectivity index (χ4v) is 3.15.